The van der Waals surface area contributed by atoms with Gasteiger partial charge in [0.15, 0.2) is 0 Å². The Balaban J connectivity index is 2.31. The van der Waals surface area contributed by atoms with E-state index in [0.29, 0.717) is 6.35 Å². The molecule has 0 aromatic carbocycles. The molecule has 1 unspecified atom stereocenters. The van der Waals surface area contributed by atoms with E-state index in [0.717, 1.165) is 12.6 Å². The SMILES string of the molecule is CP(CO)CC1=CCC=C1. The summed E-state index contributed by atoms with van der Waals surface area (Å²) in [6.45, 7) is 2.13. The molecule has 56 valence electrons. The highest BCUT2D eigenvalue weighted by Gasteiger charge is 2.02. The van der Waals surface area contributed by atoms with Gasteiger partial charge in [-0.25, -0.2) is 0 Å². The largest absolute Gasteiger partial charge is 0.392 e. The highest BCUT2D eigenvalue weighted by molar-refractivity contribution is 7.56. The van der Waals surface area contributed by atoms with Gasteiger partial charge >= 0.3 is 0 Å². The molecule has 1 aliphatic carbocycles. The van der Waals surface area contributed by atoms with Crippen molar-refractivity contribution in [3.05, 3.63) is 23.8 Å². The fraction of sp³-hybridized carbons (Fsp3) is 0.500. The lowest BCUT2D eigenvalue weighted by molar-refractivity contribution is 0.370. The maximum atomic E-state index is 8.77. The molecule has 0 aromatic rings. The van der Waals surface area contributed by atoms with Crippen molar-refractivity contribution in [3.63, 3.8) is 0 Å². The van der Waals surface area contributed by atoms with Crippen molar-refractivity contribution in [1.82, 2.24) is 0 Å². The summed E-state index contributed by atoms with van der Waals surface area (Å²) < 4.78 is 0. The second-order valence-corrected chi connectivity index (χ2v) is 4.88. The van der Waals surface area contributed by atoms with E-state index in [2.05, 4.69) is 24.9 Å². The van der Waals surface area contributed by atoms with Gasteiger partial charge in [-0.3, -0.25) is 0 Å². The van der Waals surface area contributed by atoms with E-state index in [9.17, 15) is 0 Å². The Morgan fingerprint density at radius 1 is 1.70 bits per heavy atom. The zero-order valence-electron chi connectivity index (χ0n) is 6.25. The Bertz CT molecular complexity index is 161. The van der Waals surface area contributed by atoms with E-state index >= 15 is 0 Å². The van der Waals surface area contributed by atoms with Gasteiger partial charge in [0.1, 0.15) is 0 Å². The molecular weight excluding hydrogens is 143 g/mol. The summed E-state index contributed by atoms with van der Waals surface area (Å²) in [7, 11) is -0.153. The van der Waals surface area contributed by atoms with Gasteiger partial charge in [0.05, 0.1) is 6.35 Å². The average Bonchev–Trinajstić information content (AvgIpc) is 2.40. The molecule has 1 N–H and O–H groups in total. The summed E-state index contributed by atoms with van der Waals surface area (Å²) in [4.78, 5) is 0. The van der Waals surface area contributed by atoms with Gasteiger partial charge in [-0.2, -0.15) is 0 Å². The Morgan fingerprint density at radius 3 is 3.00 bits per heavy atom. The van der Waals surface area contributed by atoms with E-state index in [1.807, 2.05) is 0 Å². The van der Waals surface area contributed by atoms with Crippen molar-refractivity contribution < 1.29 is 5.11 Å². The first-order chi connectivity index (χ1) is 4.83. The van der Waals surface area contributed by atoms with Crippen LogP contribution in [0.5, 0.6) is 0 Å². The standard InChI is InChI=1S/C8H13OP/c1-10(7-9)6-8-4-2-3-5-8/h2,4-5,9H,3,6-7H2,1H3. The fourth-order valence-corrected chi connectivity index (χ4v) is 1.94. The minimum absolute atomic E-state index is 0.153. The number of aliphatic hydroxyl groups excluding tert-OH is 1. The van der Waals surface area contributed by atoms with Crippen LogP contribution in [-0.4, -0.2) is 24.3 Å². The molecule has 0 saturated heterocycles. The first-order valence-corrected chi connectivity index (χ1v) is 5.64. The second kappa shape index (κ2) is 3.90. The minimum Gasteiger partial charge on any atom is -0.392 e. The lowest BCUT2D eigenvalue weighted by atomic mass is 10.3. The van der Waals surface area contributed by atoms with Crippen LogP contribution in [0.15, 0.2) is 23.8 Å². The molecule has 1 aliphatic rings. The Labute approximate surface area is 63.2 Å². The predicted octanol–water partition coefficient (Wildman–Crippen LogP) is 1.93. The van der Waals surface area contributed by atoms with Crippen molar-refractivity contribution in [2.24, 2.45) is 0 Å². The van der Waals surface area contributed by atoms with Gasteiger partial charge in [-0.15, -0.1) is 0 Å². The van der Waals surface area contributed by atoms with E-state index in [1.54, 1.807) is 0 Å². The Kier molecular flexibility index (Phi) is 3.11. The van der Waals surface area contributed by atoms with Gasteiger partial charge in [0.2, 0.25) is 0 Å². The van der Waals surface area contributed by atoms with Crippen LogP contribution in [0.2, 0.25) is 0 Å². The Morgan fingerprint density at radius 2 is 2.50 bits per heavy atom. The number of allylic oxidation sites excluding steroid dienone is 4. The first-order valence-electron chi connectivity index (χ1n) is 3.48. The van der Waals surface area contributed by atoms with Gasteiger partial charge in [-0.05, 0) is 24.8 Å². The summed E-state index contributed by atoms with van der Waals surface area (Å²) in [5, 5.41) is 8.77. The summed E-state index contributed by atoms with van der Waals surface area (Å²) in [6.07, 6.45) is 9.09. The highest BCUT2D eigenvalue weighted by atomic mass is 31.1. The van der Waals surface area contributed by atoms with Crippen LogP contribution in [0.1, 0.15) is 6.42 Å². The summed E-state index contributed by atoms with van der Waals surface area (Å²) in [6, 6.07) is 0. The zero-order valence-corrected chi connectivity index (χ0v) is 7.14. The average molecular weight is 156 g/mol. The van der Waals surface area contributed by atoms with Gasteiger partial charge in [-0.1, -0.05) is 26.1 Å². The third-order valence-electron chi connectivity index (χ3n) is 1.54. The highest BCUT2D eigenvalue weighted by Crippen LogP contribution is 2.32. The molecular formula is C8H13OP. The van der Waals surface area contributed by atoms with Crippen molar-refractivity contribution in [3.8, 4) is 0 Å². The molecule has 0 saturated carbocycles. The topological polar surface area (TPSA) is 20.2 Å². The van der Waals surface area contributed by atoms with Gasteiger partial charge in [0.25, 0.3) is 0 Å². The zero-order chi connectivity index (χ0) is 7.40. The van der Waals surface area contributed by atoms with Crippen LogP contribution in [0, 0.1) is 0 Å². The molecule has 1 atom stereocenters. The monoisotopic (exact) mass is 156 g/mol. The molecule has 0 fully saturated rings. The van der Waals surface area contributed by atoms with Gasteiger partial charge in [0, 0.05) is 0 Å². The fourth-order valence-electron chi connectivity index (χ4n) is 0.986. The number of aliphatic hydroxyl groups is 1. The molecule has 0 aliphatic heterocycles. The smallest absolute Gasteiger partial charge is 0.0624 e. The molecule has 0 heterocycles. The molecule has 0 aromatic heterocycles. The third-order valence-corrected chi connectivity index (χ3v) is 2.93. The molecule has 10 heavy (non-hydrogen) atoms. The summed E-state index contributed by atoms with van der Waals surface area (Å²) in [5.41, 5.74) is 1.41. The van der Waals surface area contributed by atoms with E-state index in [1.165, 1.54) is 5.57 Å². The predicted molar refractivity (Wildman–Crippen MR) is 46.6 cm³/mol. The molecule has 1 rings (SSSR count). The molecule has 0 bridgehead atoms. The maximum absolute atomic E-state index is 8.77. The molecule has 0 radical (unpaired) electrons. The van der Waals surface area contributed by atoms with Crippen LogP contribution in [0.4, 0.5) is 0 Å². The second-order valence-electron chi connectivity index (χ2n) is 2.57. The maximum Gasteiger partial charge on any atom is 0.0624 e. The van der Waals surface area contributed by atoms with Crippen LogP contribution in [0.25, 0.3) is 0 Å². The molecule has 0 spiro atoms. The van der Waals surface area contributed by atoms with E-state index < -0.39 is 0 Å². The van der Waals surface area contributed by atoms with Gasteiger partial charge < -0.3 is 5.11 Å². The number of hydrogen-bond acceptors (Lipinski definition) is 1. The van der Waals surface area contributed by atoms with E-state index in [4.69, 9.17) is 5.11 Å². The quantitative estimate of drug-likeness (QED) is 0.619. The van der Waals surface area contributed by atoms with Crippen molar-refractivity contribution in [2.45, 2.75) is 6.42 Å². The summed E-state index contributed by atoms with van der Waals surface area (Å²) >= 11 is 0. The Hall–Kier alpha value is -0.130. The molecule has 1 nitrogen and oxygen atoms in total. The van der Waals surface area contributed by atoms with Crippen LogP contribution in [0.3, 0.4) is 0 Å². The number of rotatable bonds is 3. The van der Waals surface area contributed by atoms with Crippen LogP contribution in [-0.2, 0) is 0 Å². The van der Waals surface area contributed by atoms with Crippen molar-refractivity contribution >= 4 is 7.92 Å². The lowest BCUT2D eigenvalue weighted by Gasteiger charge is -2.06. The lowest BCUT2D eigenvalue weighted by Crippen LogP contribution is -1.88. The molecule has 2 heteroatoms. The normalized spacial score (nSPS) is 19.2. The first kappa shape index (κ1) is 7.97. The molecule has 0 amide bonds. The van der Waals surface area contributed by atoms with Crippen molar-refractivity contribution in [2.75, 3.05) is 19.2 Å². The number of hydrogen-bond donors (Lipinski definition) is 1. The summed E-state index contributed by atoms with van der Waals surface area (Å²) in [5.74, 6) is 0. The van der Waals surface area contributed by atoms with Crippen LogP contribution >= 0.6 is 7.92 Å². The third kappa shape index (κ3) is 2.24. The minimum atomic E-state index is -0.153. The van der Waals surface area contributed by atoms with Crippen LogP contribution < -0.4 is 0 Å². The van der Waals surface area contributed by atoms with Crippen molar-refractivity contribution in [1.29, 1.82) is 0 Å². The van der Waals surface area contributed by atoms with E-state index in [-0.39, 0.29) is 7.92 Å².